The molecule has 44 heavy (non-hydrogen) atoms. The standard InChI is InChI=1S/C29H26F4N4O7/c1-14-7-8-36(12-18-11-34-29(41)44-18)27(40)24(14)37-13-19(22-20(30)9-17(42-2)10-21(22)31)23(26(37)39)35-25(38)15-3-5-16(6-4-15)43-28(32)33/h3-10,18-19,23,28H,11-13H2,1-2H3,(H,34,41)(H,35,38)/t18?,19-,23-/m0/s1. The number of hydrogen-bond donors (Lipinski definition) is 2. The van der Waals surface area contributed by atoms with Crippen molar-refractivity contribution in [2.45, 2.75) is 38.1 Å². The molecule has 15 heteroatoms. The van der Waals surface area contributed by atoms with Gasteiger partial charge in [0.15, 0.2) is 0 Å². The van der Waals surface area contributed by atoms with Crippen molar-refractivity contribution in [2.24, 2.45) is 0 Å². The van der Waals surface area contributed by atoms with E-state index >= 15 is 8.78 Å². The maximum atomic E-state index is 15.3. The molecule has 3 heterocycles. The summed E-state index contributed by atoms with van der Waals surface area (Å²) in [5, 5.41) is 4.98. The highest BCUT2D eigenvalue weighted by atomic mass is 19.3. The highest BCUT2D eigenvalue weighted by Crippen LogP contribution is 2.36. The first-order valence-corrected chi connectivity index (χ1v) is 13.3. The zero-order valence-corrected chi connectivity index (χ0v) is 23.3. The summed E-state index contributed by atoms with van der Waals surface area (Å²) in [6.45, 7) is -1.75. The molecule has 3 aromatic rings. The number of methoxy groups -OCH3 is 1. The Hall–Kier alpha value is -5.08. The molecule has 2 N–H and O–H groups in total. The molecule has 3 amide bonds. The van der Waals surface area contributed by atoms with Crippen molar-refractivity contribution in [3.8, 4) is 11.5 Å². The highest BCUT2D eigenvalue weighted by Gasteiger charge is 2.46. The van der Waals surface area contributed by atoms with Crippen molar-refractivity contribution in [1.82, 2.24) is 15.2 Å². The van der Waals surface area contributed by atoms with Crippen molar-refractivity contribution < 1.29 is 46.2 Å². The minimum Gasteiger partial charge on any atom is -0.497 e. The molecule has 5 rings (SSSR count). The number of rotatable bonds is 9. The molecule has 232 valence electrons. The smallest absolute Gasteiger partial charge is 0.407 e. The topological polar surface area (TPSA) is 128 Å². The Morgan fingerprint density at radius 3 is 2.36 bits per heavy atom. The van der Waals surface area contributed by atoms with E-state index in [-0.39, 0.29) is 42.4 Å². The minimum atomic E-state index is -3.08. The van der Waals surface area contributed by atoms with Gasteiger partial charge in [0, 0.05) is 41.9 Å². The quantitative estimate of drug-likeness (QED) is 0.353. The van der Waals surface area contributed by atoms with E-state index in [0.29, 0.717) is 5.56 Å². The van der Waals surface area contributed by atoms with Crippen LogP contribution in [0.4, 0.5) is 28.0 Å². The summed E-state index contributed by atoms with van der Waals surface area (Å²) in [5.41, 5.74) is -0.899. The molecule has 0 spiro atoms. The fourth-order valence-corrected chi connectivity index (χ4v) is 5.28. The number of nitrogens with zero attached hydrogens (tertiary/aromatic N) is 2. The van der Waals surface area contributed by atoms with E-state index in [1.165, 1.54) is 30.0 Å². The van der Waals surface area contributed by atoms with E-state index in [1.807, 2.05) is 0 Å². The Balaban J connectivity index is 1.51. The van der Waals surface area contributed by atoms with E-state index in [1.54, 1.807) is 13.0 Å². The van der Waals surface area contributed by atoms with Gasteiger partial charge in [-0.1, -0.05) is 0 Å². The third-order valence-electron chi connectivity index (χ3n) is 7.36. The fraction of sp³-hybridized carbons (Fsp3) is 0.310. The molecule has 2 aliphatic heterocycles. The van der Waals surface area contributed by atoms with Crippen molar-refractivity contribution in [3.05, 3.63) is 87.3 Å². The molecule has 1 unspecified atom stereocenters. The maximum absolute atomic E-state index is 15.3. The van der Waals surface area contributed by atoms with Crippen molar-refractivity contribution in [2.75, 3.05) is 25.1 Å². The number of aryl methyl sites for hydroxylation is 1. The number of alkyl carbamates (subject to hydrolysis) is 1. The van der Waals surface area contributed by atoms with Gasteiger partial charge in [0.05, 0.1) is 20.2 Å². The number of amides is 3. The predicted octanol–water partition coefficient (Wildman–Crippen LogP) is 3.08. The molecule has 0 saturated carbocycles. The monoisotopic (exact) mass is 618 g/mol. The number of nitrogens with one attached hydrogen (secondary N) is 2. The van der Waals surface area contributed by atoms with Crippen LogP contribution in [0.25, 0.3) is 0 Å². The number of carbonyl (C=O) groups excluding carboxylic acids is 3. The van der Waals surface area contributed by atoms with E-state index in [9.17, 15) is 28.0 Å². The first-order valence-electron chi connectivity index (χ1n) is 13.3. The van der Waals surface area contributed by atoms with Gasteiger partial charge >= 0.3 is 12.7 Å². The van der Waals surface area contributed by atoms with Gasteiger partial charge in [-0.05, 0) is 42.8 Å². The van der Waals surface area contributed by atoms with Crippen LogP contribution in [0.5, 0.6) is 11.5 Å². The Kier molecular flexibility index (Phi) is 8.47. The summed E-state index contributed by atoms with van der Waals surface area (Å²) < 4.78 is 71.3. The zero-order chi connectivity index (χ0) is 31.7. The molecule has 2 fully saturated rings. The molecule has 2 aromatic carbocycles. The second-order valence-electron chi connectivity index (χ2n) is 10.1. The lowest BCUT2D eigenvalue weighted by Gasteiger charge is -2.20. The number of pyridine rings is 1. The minimum absolute atomic E-state index is 0.0243. The van der Waals surface area contributed by atoms with E-state index in [2.05, 4.69) is 15.4 Å². The number of ether oxygens (including phenoxy) is 3. The zero-order valence-electron chi connectivity index (χ0n) is 23.3. The summed E-state index contributed by atoms with van der Waals surface area (Å²) in [5.74, 6) is -5.35. The van der Waals surface area contributed by atoms with Crippen molar-refractivity contribution in [1.29, 1.82) is 0 Å². The number of cyclic esters (lactones) is 1. The van der Waals surface area contributed by atoms with Gasteiger partial charge in [-0.25, -0.2) is 13.6 Å². The second kappa shape index (κ2) is 12.3. The third-order valence-corrected chi connectivity index (χ3v) is 7.36. The number of hydrogen-bond acceptors (Lipinski definition) is 7. The van der Waals surface area contributed by atoms with Gasteiger partial charge in [-0.2, -0.15) is 8.78 Å². The molecular formula is C29H26F4N4O7. The van der Waals surface area contributed by atoms with Crippen molar-refractivity contribution in [3.63, 3.8) is 0 Å². The second-order valence-corrected chi connectivity index (χ2v) is 10.1. The van der Waals surface area contributed by atoms with Gasteiger partial charge < -0.3 is 34.3 Å². The number of carbonyl (C=O) groups is 3. The summed E-state index contributed by atoms with van der Waals surface area (Å²) in [6, 6.07) is 6.50. The Bertz CT molecular complexity index is 1640. The lowest BCUT2D eigenvalue weighted by atomic mass is 9.92. The van der Waals surface area contributed by atoms with Gasteiger partial charge in [0.1, 0.15) is 41.0 Å². The molecule has 11 nitrogen and oxygen atoms in total. The third kappa shape index (κ3) is 6.02. The fourth-order valence-electron chi connectivity index (χ4n) is 5.28. The van der Waals surface area contributed by atoms with Gasteiger partial charge in [0.2, 0.25) is 5.91 Å². The summed E-state index contributed by atoms with van der Waals surface area (Å²) in [4.78, 5) is 53.2. The van der Waals surface area contributed by atoms with Crippen LogP contribution in [0.15, 0.2) is 53.5 Å². The average molecular weight is 619 g/mol. The number of anilines is 1. The van der Waals surface area contributed by atoms with Crippen LogP contribution >= 0.6 is 0 Å². The maximum Gasteiger partial charge on any atom is 0.407 e. The van der Waals surface area contributed by atoms with Gasteiger partial charge in [-0.15, -0.1) is 0 Å². The normalized spacial score (nSPS) is 19.6. The molecular weight excluding hydrogens is 592 g/mol. The SMILES string of the molecule is COc1cc(F)c([C@@H]2CN(c3c(C)ccn(CC4CNC(=O)O4)c3=O)C(=O)[C@H]2NC(=O)c2ccc(OC(F)F)cc2)c(F)c1. The molecule has 0 aliphatic carbocycles. The van der Waals surface area contributed by atoms with Crippen LogP contribution in [-0.4, -0.2) is 61.4 Å². The number of aromatic nitrogens is 1. The molecule has 3 atom stereocenters. The average Bonchev–Trinajstić information content (AvgIpc) is 3.52. The van der Waals surface area contributed by atoms with Crippen LogP contribution in [-0.2, 0) is 16.1 Å². The first kappa shape index (κ1) is 30.4. The molecule has 0 bridgehead atoms. The Labute approximate surface area is 247 Å². The number of benzene rings is 2. The van der Waals surface area contributed by atoms with Crippen LogP contribution < -0.4 is 30.6 Å². The van der Waals surface area contributed by atoms with Gasteiger partial charge in [-0.3, -0.25) is 14.4 Å². The van der Waals surface area contributed by atoms with Crippen LogP contribution in [0.3, 0.4) is 0 Å². The van der Waals surface area contributed by atoms with Crippen LogP contribution in [0.1, 0.15) is 27.4 Å². The lowest BCUT2D eigenvalue weighted by Crippen LogP contribution is -2.45. The number of halogens is 4. The van der Waals surface area contributed by atoms with Crippen LogP contribution in [0.2, 0.25) is 0 Å². The largest absolute Gasteiger partial charge is 0.497 e. The molecule has 2 aliphatic rings. The molecule has 0 radical (unpaired) electrons. The summed E-state index contributed by atoms with van der Waals surface area (Å²) >= 11 is 0. The number of alkyl halides is 2. The van der Waals surface area contributed by atoms with E-state index < -0.39 is 65.3 Å². The summed E-state index contributed by atoms with van der Waals surface area (Å²) in [6.07, 6.45) is 0.186. The molecule has 1 aromatic heterocycles. The Morgan fingerprint density at radius 2 is 1.77 bits per heavy atom. The molecule has 2 saturated heterocycles. The Morgan fingerprint density at radius 1 is 1.09 bits per heavy atom. The first-order chi connectivity index (χ1) is 21.0. The van der Waals surface area contributed by atoms with Crippen LogP contribution in [0, 0.1) is 18.6 Å². The van der Waals surface area contributed by atoms with E-state index in [4.69, 9.17) is 9.47 Å². The highest BCUT2D eigenvalue weighted by molar-refractivity contribution is 6.05. The van der Waals surface area contributed by atoms with Crippen molar-refractivity contribution >= 4 is 23.6 Å². The van der Waals surface area contributed by atoms with Gasteiger partial charge in [0.25, 0.3) is 11.5 Å². The lowest BCUT2D eigenvalue weighted by molar-refractivity contribution is -0.118. The predicted molar refractivity (Wildman–Crippen MR) is 146 cm³/mol. The summed E-state index contributed by atoms with van der Waals surface area (Å²) in [7, 11) is 1.22. The van der Waals surface area contributed by atoms with E-state index in [0.717, 1.165) is 29.2 Å².